The van der Waals surface area contributed by atoms with Gasteiger partial charge in [-0.25, -0.2) is 0 Å². The Balaban J connectivity index is 1.65. The average molecular weight is 262 g/mol. The Labute approximate surface area is 113 Å². The van der Waals surface area contributed by atoms with Gasteiger partial charge in [-0.3, -0.25) is 9.89 Å². The molecule has 2 aliphatic rings. The van der Waals surface area contributed by atoms with Crippen LogP contribution in [0.5, 0.6) is 0 Å². The number of fused-ring (bicyclic) bond motifs is 2. The minimum absolute atomic E-state index is 0.0178. The maximum absolute atomic E-state index is 12.3. The fraction of sp³-hybridized carbons (Fsp3) is 0.714. The molecule has 0 saturated carbocycles. The zero-order valence-electron chi connectivity index (χ0n) is 11.8. The fourth-order valence-corrected chi connectivity index (χ4v) is 3.10. The monoisotopic (exact) mass is 262 g/mol. The summed E-state index contributed by atoms with van der Waals surface area (Å²) in [5, 5.41) is 13.6. The number of anilines is 1. The molecule has 3 heterocycles. The number of rotatable bonds is 2. The van der Waals surface area contributed by atoms with E-state index in [1.807, 2.05) is 6.07 Å². The normalized spacial score (nSPS) is 29.7. The van der Waals surface area contributed by atoms with Gasteiger partial charge in [-0.1, -0.05) is 20.8 Å². The summed E-state index contributed by atoms with van der Waals surface area (Å²) in [4.78, 5) is 12.3. The summed E-state index contributed by atoms with van der Waals surface area (Å²) in [7, 11) is 0. The van der Waals surface area contributed by atoms with Crippen molar-refractivity contribution in [3.8, 4) is 0 Å². The molecule has 3 N–H and O–H groups in total. The van der Waals surface area contributed by atoms with Crippen LogP contribution in [-0.2, 0) is 10.2 Å². The molecule has 5 heteroatoms. The van der Waals surface area contributed by atoms with Gasteiger partial charge in [0.25, 0.3) is 0 Å². The summed E-state index contributed by atoms with van der Waals surface area (Å²) < 4.78 is 0. The molecule has 0 spiro atoms. The molecular formula is C14H22N4O. The second-order valence-electron chi connectivity index (χ2n) is 6.80. The third-order valence-corrected chi connectivity index (χ3v) is 4.27. The van der Waals surface area contributed by atoms with Gasteiger partial charge in [0.2, 0.25) is 5.91 Å². The first kappa shape index (κ1) is 12.7. The van der Waals surface area contributed by atoms with E-state index in [1.165, 1.54) is 6.42 Å². The lowest BCUT2D eigenvalue weighted by Gasteiger charge is -2.18. The minimum atomic E-state index is 0.0178. The quantitative estimate of drug-likeness (QED) is 0.761. The molecule has 1 aromatic rings. The van der Waals surface area contributed by atoms with Gasteiger partial charge in [-0.2, -0.15) is 5.10 Å². The van der Waals surface area contributed by atoms with Crippen molar-refractivity contribution in [3.63, 3.8) is 0 Å². The molecule has 0 radical (unpaired) electrons. The third kappa shape index (κ3) is 2.39. The smallest absolute Gasteiger partial charge is 0.230 e. The van der Waals surface area contributed by atoms with E-state index in [2.05, 4.69) is 41.6 Å². The summed E-state index contributed by atoms with van der Waals surface area (Å²) in [5.74, 6) is 0.845. The number of aromatic amines is 1. The molecule has 0 aromatic carbocycles. The fourth-order valence-electron chi connectivity index (χ4n) is 3.10. The molecule has 19 heavy (non-hydrogen) atoms. The molecular weight excluding hydrogens is 240 g/mol. The maximum Gasteiger partial charge on any atom is 0.230 e. The number of hydrogen-bond acceptors (Lipinski definition) is 3. The Hall–Kier alpha value is -1.36. The second-order valence-corrected chi connectivity index (χ2v) is 6.80. The molecule has 5 nitrogen and oxygen atoms in total. The summed E-state index contributed by atoms with van der Waals surface area (Å²) in [6, 6.07) is 2.84. The lowest BCUT2D eigenvalue weighted by atomic mass is 9.88. The Bertz CT molecular complexity index is 488. The molecule has 1 aromatic heterocycles. The van der Waals surface area contributed by atoms with E-state index in [0.29, 0.717) is 17.9 Å². The van der Waals surface area contributed by atoms with E-state index in [4.69, 9.17) is 0 Å². The standard InChI is InChI=1S/C14H22N4O/c1-14(2,3)11-7-12(18-17-11)16-13(19)9-6-8-4-5-10(9)15-8/h7-10,15H,4-6H2,1-3H3,(H2,16,17,18,19). The van der Waals surface area contributed by atoms with E-state index in [1.54, 1.807) is 0 Å². The number of amides is 1. The molecule has 3 atom stereocenters. The predicted octanol–water partition coefficient (Wildman–Crippen LogP) is 1.79. The molecule has 2 fully saturated rings. The van der Waals surface area contributed by atoms with Crippen LogP contribution in [0.2, 0.25) is 0 Å². The molecule has 0 aliphatic carbocycles. The number of nitrogens with one attached hydrogen (secondary N) is 3. The number of carbonyl (C=O) groups is 1. The lowest BCUT2D eigenvalue weighted by Crippen LogP contribution is -2.32. The van der Waals surface area contributed by atoms with Crippen molar-refractivity contribution in [1.82, 2.24) is 15.5 Å². The maximum atomic E-state index is 12.3. The van der Waals surface area contributed by atoms with Gasteiger partial charge in [-0.15, -0.1) is 0 Å². The highest BCUT2D eigenvalue weighted by atomic mass is 16.2. The summed E-state index contributed by atoms with van der Waals surface area (Å²) in [5.41, 5.74) is 1.05. The molecule has 2 bridgehead atoms. The van der Waals surface area contributed by atoms with Crippen LogP contribution in [0.3, 0.4) is 0 Å². The van der Waals surface area contributed by atoms with Crippen molar-refractivity contribution in [3.05, 3.63) is 11.8 Å². The van der Waals surface area contributed by atoms with E-state index in [0.717, 1.165) is 18.5 Å². The van der Waals surface area contributed by atoms with E-state index in [-0.39, 0.29) is 17.2 Å². The first-order valence-electron chi connectivity index (χ1n) is 7.06. The van der Waals surface area contributed by atoms with Gasteiger partial charge < -0.3 is 10.6 Å². The third-order valence-electron chi connectivity index (χ3n) is 4.27. The minimum Gasteiger partial charge on any atom is -0.310 e. The van der Waals surface area contributed by atoms with Gasteiger partial charge in [0.15, 0.2) is 5.82 Å². The van der Waals surface area contributed by atoms with Gasteiger partial charge in [0, 0.05) is 29.3 Å². The molecule has 104 valence electrons. The zero-order valence-corrected chi connectivity index (χ0v) is 11.8. The van der Waals surface area contributed by atoms with Crippen molar-refractivity contribution < 1.29 is 4.79 Å². The summed E-state index contributed by atoms with van der Waals surface area (Å²) in [6.07, 6.45) is 3.30. The average Bonchev–Trinajstić information content (AvgIpc) is 3.02. The van der Waals surface area contributed by atoms with Gasteiger partial charge in [0.05, 0.1) is 5.92 Å². The van der Waals surface area contributed by atoms with Crippen molar-refractivity contribution in [2.75, 3.05) is 5.32 Å². The van der Waals surface area contributed by atoms with Gasteiger partial charge in [-0.05, 0) is 19.3 Å². The number of H-pyrrole nitrogens is 1. The molecule has 3 unspecified atom stereocenters. The molecule has 2 aliphatic heterocycles. The second kappa shape index (κ2) is 4.34. The highest BCUT2D eigenvalue weighted by Crippen LogP contribution is 2.34. The van der Waals surface area contributed by atoms with Crippen LogP contribution in [0, 0.1) is 5.92 Å². The SMILES string of the molecule is CC(C)(C)c1cc(NC(=O)C2CC3CCC2N3)n[nH]1. The van der Waals surface area contributed by atoms with Crippen molar-refractivity contribution in [2.45, 2.75) is 57.5 Å². The van der Waals surface area contributed by atoms with Crippen molar-refractivity contribution >= 4 is 11.7 Å². The first-order valence-corrected chi connectivity index (χ1v) is 7.06. The Morgan fingerprint density at radius 2 is 2.21 bits per heavy atom. The van der Waals surface area contributed by atoms with E-state index < -0.39 is 0 Å². The Kier molecular flexibility index (Phi) is 2.89. The first-order chi connectivity index (χ1) is 8.93. The largest absolute Gasteiger partial charge is 0.310 e. The van der Waals surface area contributed by atoms with Crippen LogP contribution < -0.4 is 10.6 Å². The van der Waals surface area contributed by atoms with E-state index in [9.17, 15) is 4.79 Å². The van der Waals surface area contributed by atoms with Crippen molar-refractivity contribution in [1.29, 1.82) is 0 Å². The Morgan fingerprint density at radius 3 is 2.74 bits per heavy atom. The number of nitrogens with zero attached hydrogens (tertiary/aromatic N) is 1. The topological polar surface area (TPSA) is 69.8 Å². The highest BCUT2D eigenvalue weighted by molar-refractivity contribution is 5.92. The molecule has 1 amide bonds. The highest BCUT2D eigenvalue weighted by Gasteiger charge is 2.42. The van der Waals surface area contributed by atoms with Crippen LogP contribution in [0.15, 0.2) is 6.07 Å². The van der Waals surface area contributed by atoms with Crippen LogP contribution >= 0.6 is 0 Å². The van der Waals surface area contributed by atoms with Crippen molar-refractivity contribution in [2.24, 2.45) is 5.92 Å². The zero-order chi connectivity index (χ0) is 13.6. The number of hydrogen-bond donors (Lipinski definition) is 3. The summed E-state index contributed by atoms with van der Waals surface area (Å²) in [6.45, 7) is 6.35. The van der Waals surface area contributed by atoms with Crippen LogP contribution in [0.1, 0.15) is 45.7 Å². The lowest BCUT2D eigenvalue weighted by molar-refractivity contribution is -0.120. The van der Waals surface area contributed by atoms with Gasteiger partial charge >= 0.3 is 0 Å². The summed E-state index contributed by atoms with van der Waals surface area (Å²) >= 11 is 0. The molecule has 3 rings (SSSR count). The predicted molar refractivity (Wildman–Crippen MR) is 74.0 cm³/mol. The van der Waals surface area contributed by atoms with Gasteiger partial charge in [0.1, 0.15) is 0 Å². The molecule has 2 saturated heterocycles. The van der Waals surface area contributed by atoms with Crippen LogP contribution in [0.4, 0.5) is 5.82 Å². The Morgan fingerprint density at radius 1 is 1.42 bits per heavy atom. The van der Waals surface area contributed by atoms with E-state index >= 15 is 0 Å². The van der Waals surface area contributed by atoms with Crippen LogP contribution in [-0.4, -0.2) is 28.2 Å². The number of aromatic nitrogens is 2. The van der Waals surface area contributed by atoms with Crippen LogP contribution in [0.25, 0.3) is 0 Å². The number of carbonyl (C=O) groups excluding carboxylic acids is 1.